The Balaban J connectivity index is 1.99. The van der Waals surface area contributed by atoms with Gasteiger partial charge in [0, 0.05) is 43.3 Å². The molecule has 0 aliphatic heterocycles. The molecule has 0 saturated heterocycles. The van der Waals surface area contributed by atoms with Crippen LogP contribution in [0, 0.1) is 13.8 Å². The van der Waals surface area contributed by atoms with Crippen molar-refractivity contribution in [3.8, 4) is 28.6 Å². The lowest BCUT2D eigenvalue weighted by Crippen LogP contribution is -2.31. The minimum Gasteiger partial charge on any atom is -0.494 e. The summed E-state index contributed by atoms with van der Waals surface area (Å²) in [7, 11) is 0.621. The topological polar surface area (TPSA) is 126 Å². The Kier molecular flexibility index (Phi) is 7.63. The number of para-hydroxylation sites is 1. The van der Waals surface area contributed by atoms with Crippen molar-refractivity contribution in [3.05, 3.63) is 71.6 Å². The van der Waals surface area contributed by atoms with Crippen LogP contribution in [0.5, 0.6) is 11.5 Å². The third-order valence-corrected chi connectivity index (χ3v) is 8.06. The van der Waals surface area contributed by atoms with Gasteiger partial charge in [0.25, 0.3) is 10.0 Å². The molecule has 0 saturated carbocycles. The SMILES string of the molecule is COc1cccc(OC)c1-n1c(-c2cncc(C)c2)nn(C)/c1=N\S(=O)(=O)[C@@H](C)[C@H](C)c1ncc(C)cn1. The molecule has 2 atom stereocenters. The number of pyridine rings is 1. The van der Waals surface area contributed by atoms with E-state index < -0.39 is 21.2 Å². The lowest BCUT2D eigenvalue weighted by molar-refractivity contribution is 0.390. The van der Waals surface area contributed by atoms with Crippen LogP contribution in [-0.4, -0.2) is 57.2 Å². The maximum atomic E-state index is 13.7. The summed E-state index contributed by atoms with van der Waals surface area (Å²) in [6.45, 7) is 7.16. The Morgan fingerprint density at radius 3 is 2.16 bits per heavy atom. The molecule has 0 radical (unpaired) electrons. The molecule has 0 aliphatic carbocycles. The number of hydrogen-bond donors (Lipinski definition) is 0. The van der Waals surface area contributed by atoms with E-state index in [0.29, 0.717) is 34.4 Å². The molecule has 200 valence electrons. The van der Waals surface area contributed by atoms with Gasteiger partial charge in [0.2, 0.25) is 5.62 Å². The Bertz CT molecular complexity index is 1600. The van der Waals surface area contributed by atoms with E-state index in [1.807, 2.05) is 19.9 Å². The van der Waals surface area contributed by atoms with Crippen LogP contribution >= 0.6 is 0 Å². The molecule has 0 unspecified atom stereocenters. The average molecular weight is 538 g/mol. The van der Waals surface area contributed by atoms with Crippen molar-refractivity contribution in [2.45, 2.75) is 38.9 Å². The minimum absolute atomic E-state index is 0.0631. The van der Waals surface area contributed by atoms with Crippen molar-refractivity contribution in [1.29, 1.82) is 0 Å². The number of nitrogens with zero attached hydrogens (tertiary/aromatic N) is 7. The summed E-state index contributed by atoms with van der Waals surface area (Å²) in [4.78, 5) is 12.9. The van der Waals surface area contributed by atoms with Gasteiger partial charge in [0.05, 0.1) is 19.5 Å². The van der Waals surface area contributed by atoms with Gasteiger partial charge in [-0.3, -0.25) is 9.55 Å². The van der Waals surface area contributed by atoms with Crippen molar-refractivity contribution >= 4 is 10.0 Å². The molecular weight excluding hydrogens is 506 g/mol. The van der Waals surface area contributed by atoms with Gasteiger partial charge >= 0.3 is 0 Å². The zero-order valence-corrected chi connectivity index (χ0v) is 23.3. The van der Waals surface area contributed by atoms with E-state index in [9.17, 15) is 8.42 Å². The van der Waals surface area contributed by atoms with Crippen LogP contribution in [0.3, 0.4) is 0 Å². The largest absolute Gasteiger partial charge is 0.494 e. The molecule has 0 aliphatic rings. The number of hydrogen-bond acceptors (Lipinski definition) is 8. The summed E-state index contributed by atoms with van der Waals surface area (Å²) in [6.07, 6.45) is 6.72. The number of benzene rings is 1. The molecule has 0 fully saturated rings. The Labute approximate surface area is 221 Å². The maximum Gasteiger partial charge on any atom is 0.259 e. The van der Waals surface area contributed by atoms with Gasteiger partial charge in [-0.05, 0) is 50.1 Å². The molecule has 3 heterocycles. The van der Waals surface area contributed by atoms with Crippen LogP contribution in [-0.2, 0) is 17.1 Å². The van der Waals surface area contributed by atoms with E-state index in [4.69, 9.17) is 9.47 Å². The number of aryl methyl sites for hydroxylation is 3. The molecule has 11 nitrogen and oxygen atoms in total. The molecule has 12 heteroatoms. The van der Waals surface area contributed by atoms with E-state index in [1.54, 1.807) is 68.4 Å². The molecule has 4 rings (SSSR count). The van der Waals surface area contributed by atoms with Gasteiger partial charge in [-0.1, -0.05) is 13.0 Å². The highest BCUT2D eigenvalue weighted by Crippen LogP contribution is 2.34. The zero-order valence-electron chi connectivity index (χ0n) is 22.4. The number of ether oxygens (including phenoxy) is 2. The van der Waals surface area contributed by atoms with Crippen LogP contribution in [0.25, 0.3) is 17.1 Å². The van der Waals surface area contributed by atoms with Gasteiger partial charge in [-0.15, -0.1) is 4.40 Å². The highest BCUT2D eigenvalue weighted by atomic mass is 32.2. The van der Waals surface area contributed by atoms with Crippen LogP contribution in [0.15, 0.2) is 53.5 Å². The quantitative estimate of drug-likeness (QED) is 0.336. The van der Waals surface area contributed by atoms with Crippen molar-refractivity contribution in [2.24, 2.45) is 11.4 Å². The molecular formula is C26H31N7O4S. The summed E-state index contributed by atoms with van der Waals surface area (Å²) in [5.74, 6) is 1.24. The van der Waals surface area contributed by atoms with E-state index in [0.717, 1.165) is 11.1 Å². The summed E-state index contributed by atoms with van der Waals surface area (Å²) in [5, 5.41) is 3.73. The molecule has 38 heavy (non-hydrogen) atoms. The van der Waals surface area contributed by atoms with E-state index in [2.05, 4.69) is 24.4 Å². The van der Waals surface area contributed by atoms with Crippen molar-refractivity contribution in [1.82, 2.24) is 29.3 Å². The van der Waals surface area contributed by atoms with Crippen molar-refractivity contribution < 1.29 is 17.9 Å². The van der Waals surface area contributed by atoms with Gasteiger partial charge in [0.1, 0.15) is 23.0 Å². The summed E-state index contributed by atoms with van der Waals surface area (Å²) in [6, 6.07) is 7.21. The fourth-order valence-electron chi connectivity index (χ4n) is 4.00. The minimum atomic E-state index is -4.07. The van der Waals surface area contributed by atoms with Crippen molar-refractivity contribution in [2.75, 3.05) is 14.2 Å². The molecule has 0 bridgehead atoms. The first kappa shape index (κ1) is 27.0. The second-order valence-corrected chi connectivity index (χ2v) is 11.0. The lowest BCUT2D eigenvalue weighted by atomic mass is 10.1. The summed E-state index contributed by atoms with van der Waals surface area (Å²) < 4.78 is 46.0. The number of aromatic nitrogens is 6. The molecule has 1 aromatic carbocycles. The molecule has 0 amide bonds. The van der Waals surface area contributed by atoms with Gasteiger partial charge in [-0.2, -0.15) is 5.10 Å². The lowest BCUT2D eigenvalue weighted by Gasteiger charge is -2.17. The number of methoxy groups -OCH3 is 2. The molecule has 0 spiro atoms. The van der Waals surface area contributed by atoms with Gasteiger partial charge in [-0.25, -0.2) is 23.1 Å². The van der Waals surface area contributed by atoms with E-state index in [-0.39, 0.29) is 5.62 Å². The van der Waals surface area contributed by atoms with E-state index in [1.165, 1.54) is 18.9 Å². The number of sulfonamides is 1. The first-order chi connectivity index (χ1) is 18.1. The van der Waals surface area contributed by atoms with Crippen LogP contribution < -0.4 is 15.1 Å². The zero-order chi connectivity index (χ0) is 27.6. The predicted molar refractivity (Wildman–Crippen MR) is 143 cm³/mol. The smallest absolute Gasteiger partial charge is 0.259 e. The maximum absolute atomic E-state index is 13.7. The second kappa shape index (κ2) is 10.7. The average Bonchev–Trinajstić information content (AvgIpc) is 3.22. The predicted octanol–water partition coefficient (Wildman–Crippen LogP) is 3.12. The first-order valence-corrected chi connectivity index (χ1v) is 13.5. The molecule has 0 N–H and O–H groups in total. The van der Waals surface area contributed by atoms with Crippen LogP contribution in [0.4, 0.5) is 0 Å². The Morgan fingerprint density at radius 1 is 0.947 bits per heavy atom. The molecule has 3 aromatic heterocycles. The highest BCUT2D eigenvalue weighted by Gasteiger charge is 2.30. The van der Waals surface area contributed by atoms with Gasteiger partial charge in [0.15, 0.2) is 5.82 Å². The normalized spacial score (nSPS) is 13.8. The van der Waals surface area contributed by atoms with Gasteiger partial charge < -0.3 is 9.47 Å². The Morgan fingerprint density at radius 2 is 1.58 bits per heavy atom. The van der Waals surface area contributed by atoms with Crippen LogP contribution in [0.2, 0.25) is 0 Å². The van der Waals surface area contributed by atoms with Crippen LogP contribution in [0.1, 0.15) is 36.7 Å². The highest BCUT2D eigenvalue weighted by molar-refractivity contribution is 7.90. The van der Waals surface area contributed by atoms with Crippen molar-refractivity contribution in [3.63, 3.8) is 0 Å². The fourth-order valence-corrected chi connectivity index (χ4v) is 5.23. The first-order valence-electron chi connectivity index (χ1n) is 11.9. The Hall–Kier alpha value is -4.06. The summed E-state index contributed by atoms with van der Waals surface area (Å²) in [5.41, 5.74) is 2.99. The summed E-state index contributed by atoms with van der Waals surface area (Å²) >= 11 is 0. The molecule has 4 aromatic rings. The van der Waals surface area contributed by atoms with E-state index >= 15 is 0 Å². The number of rotatable bonds is 8. The second-order valence-electron chi connectivity index (χ2n) is 9.06. The standard InChI is InChI=1S/C26H31N7O4S/c1-16-11-20(15-27-12-16)25-30-32(5)26(33(25)23-21(36-6)9-8-10-22(23)37-7)31-38(34,35)19(4)18(3)24-28-13-17(2)14-29-24/h8-15,18-19H,1-7H3/b31-26+/t18-,19-/m0/s1. The third kappa shape index (κ3) is 5.17. The third-order valence-electron chi connectivity index (χ3n) is 6.30. The monoisotopic (exact) mass is 537 g/mol. The fraction of sp³-hybridized carbons (Fsp3) is 0.346.